The van der Waals surface area contributed by atoms with Gasteiger partial charge in [0.05, 0.1) is 0 Å². The van der Waals surface area contributed by atoms with E-state index in [9.17, 15) is 4.79 Å². The topological polar surface area (TPSA) is 54.0 Å². The van der Waals surface area contributed by atoms with Crippen LogP contribution >= 0.6 is 23.4 Å². The Morgan fingerprint density at radius 1 is 1.56 bits per heavy atom. The van der Waals surface area contributed by atoms with Crippen molar-refractivity contribution >= 4 is 35.1 Å². The Morgan fingerprint density at radius 2 is 2.31 bits per heavy atom. The summed E-state index contributed by atoms with van der Waals surface area (Å²) in [6.07, 6.45) is 1.99. The van der Waals surface area contributed by atoms with E-state index in [1.807, 2.05) is 6.26 Å². The van der Waals surface area contributed by atoms with Gasteiger partial charge in [0.15, 0.2) is 0 Å². The van der Waals surface area contributed by atoms with Gasteiger partial charge in [-0.25, -0.2) is 4.98 Å². The molecule has 0 fully saturated rings. The lowest BCUT2D eigenvalue weighted by Gasteiger charge is -2.06. The van der Waals surface area contributed by atoms with E-state index >= 15 is 0 Å². The van der Waals surface area contributed by atoms with Crippen LogP contribution in [0.2, 0.25) is 5.15 Å². The standard InChI is InChI=1S/C10H14ClN3OS/c1-12-9-6-7(5-8(11)14-9)10(15)13-3-4-16-2/h5-6H,3-4H2,1-2H3,(H,12,14)(H,13,15). The molecular formula is C10H14ClN3OS. The number of pyridine rings is 1. The molecule has 4 nitrogen and oxygen atoms in total. The van der Waals surface area contributed by atoms with Gasteiger partial charge >= 0.3 is 0 Å². The maximum Gasteiger partial charge on any atom is 0.251 e. The molecule has 0 saturated carbocycles. The molecule has 1 amide bonds. The second-order valence-electron chi connectivity index (χ2n) is 3.06. The molecule has 0 bridgehead atoms. The minimum Gasteiger partial charge on any atom is -0.373 e. The Hall–Kier alpha value is -0.940. The summed E-state index contributed by atoms with van der Waals surface area (Å²) in [5.74, 6) is 1.35. The normalized spacial score (nSPS) is 9.94. The highest BCUT2D eigenvalue weighted by molar-refractivity contribution is 7.98. The minimum absolute atomic E-state index is 0.130. The number of anilines is 1. The smallest absolute Gasteiger partial charge is 0.251 e. The van der Waals surface area contributed by atoms with Gasteiger partial charge < -0.3 is 10.6 Å². The first-order valence-corrected chi connectivity index (χ1v) is 6.57. The third kappa shape index (κ3) is 3.90. The van der Waals surface area contributed by atoms with Gasteiger partial charge in [0.1, 0.15) is 11.0 Å². The van der Waals surface area contributed by atoms with E-state index in [1.165, 1.54) is 0 Å². The van der Waals surface area contributed by atoms with Gasteiger partial charge in [0.25, 0.3) is 5.91 Å². The molecule has 0 aromatic carbocycles. The Balaban J connectivity index is 2.71. The number of halogens is 1. The average Bonchev–Trinajstić information content (AvgIpc) is 2.28. The molecular weight excluding hydrogens is 246 g/mol. The number of carbonyl (C=O) groups is 1. The van der Waals surface area contributed by atoms with Crippen molar-refractivity contribution in [2.75, 3.05) is 30.9 Å². The molecule has 1 aromatic heterocycles. The largest absolute Gasteiger partial charge is 0.373 e. The Bertz CT molecular complexity index is 373. The number of thioether (sulfide) groups is 1. The molecule has 0 radical (unpaired) electrons. The van der Waals surface area contributed by atoms with E-state index in [0.29, 0.717) is 23.1 Å². The van der Waals surface area contributed by atoms with Gasteiger partial charge in [0, 0.05) is 24.9 Å². The van der Waals surface area contributed by atoms with E-state index in [2.05, 4.69) is 15.6 Å². The fraction of sp³-hybridized carbons (Fsp3) is 0.400. The van der Waals surface area contributed by atoms with Crippen molar-refractivity contribution in [1.29, 1.82) is 0 Å². The zero-order valence-corrected chi connectivity index (χ0v) is 10.8. The predicted molar refractivity (Wildman–Crippen MR) is 69.5 cm³/mol. The van der Waals surface area contributed by atoms with Gasteiger partial charge in [-0.15, -0.1) is 0 Å². The Morgan fingerprint density at radius 3 is 2.94 bits per heavy atom. The van der Waals surface area contributed by atoms with Crippen molar-refractivity contribution in [2.45, 2.75) is 0 Å². The fourth-order valence-electron chi connectivity index (χ4n) is 1.12. The Labute approximate surface area is 104 Å². The highest BCUT2D eigenvalue weighted by Crippen LogP contribution is 2.13. The van der Waals surface area contributed by atoms with Crippen molar-refractivity contribution < 1.29 is 4.79 Å². The third-order valence-corrected chi connectivity index (χ3v) is 2.71. The van der Waals surface area contributed by atoms with Crippen LogP contribution in [0, 0.1) is 0 Å². The molecule has 0 aliphatic carbocycles. The molecule has 16 heavy (non-hydrogen) atoms. The second kappa shape index (κ2) is 6.60. The van der Waals surface area contributed by atoms with Crippen LogP contribution < -0.4 is 10.6 Å². The van der Waals surface area contributed by atoms with Gasteiger partial charge in [-0.1, -0.05) is 11.6 Å². The van der Waals surface area contributed by atoms with E-state index in [0.717, 1.165) is 5.75 Å². The van der Waals surface area contributed by atoms with E-state index in [-0.39, 0.29) is 5.91 Å². The number of nitrogens with one attached hydrogen (secondary N) is 2. The number of nitrogens with zero attached hydrogens (tertiary/aromatic N) is 1. The zero-order chi connectivity index (χ0) is 12.0. The molecule has 0 atom stereocenters. The number of aromatic nitrogens is 1. The highest BCUT2D eigenvalue weighted by atomic mass is 35.5. The number of carbonyl (C=O) groups excluding carboxylic acids is 1. The van der Waals surface area contributed by atoms with E-state index < -0.39 is 0 Å². The van der Waals surface area contributed by atoms with Gasteiger partial charge in [-0.2, -0.15) is 11.8 Å². The lowest BCUT2D eigenvalue weighted by Crippen LogP contribution is -2.25. The highest BCUT2D eigenvalue weighted by Gasteiger charge is 2.07. The molecule has 0 saturated heterocycles. The van der Waals surface area contributed by atoms with Crippen molar-refractivity contribution in [2.24, 2.45) is 0 Å². The Kier molecular flexibility index (Phi) is 5.42. The average molecular weight is 260 g/mol. The SMILES string of the molecule is CNc1cc(C(=O)NCCSC)cc(Cl)n1. The number of hydrogen-bond acceptors (Lipinski definition) is 4. The summed E-state index contributed by atoms with van der Waals surface area (Å²) in [5.41, 5.74) is 0.519. The van der Waals surface area contributed by atoms with Crippen LogP contribution in [0.4, 0.5) is 5.82 Å². The van der Waals surface area contributed by atoms with Gasteiger partial charge in [-0.3, -0.25) is 4.79 Å². The maximum absolute atomic E-state index is 11.7. The van der Waals surface area contributed by atoms with E-state index in [4.69, 9.17) is 11.6 Å². The molecule has 88 valence electrons. The molecule has 0 aliphatic rings. The van der Waals surface area contributed by atoms with Crippen LogP contribution in [0.25, 0.3) is 0 Å². The minimum atomic E-state index is -0.130. The molecule has 0 spiro atoms. The van der Waals surface area contributed by atoms with Crippen LogP contribution in [0.3, 0.4) is 0 Å². The first-order chi connectivity index (χ1) is 7.67. The number of rotatable bonds is 5. The third-order valence-electron chi connectivity index (χ3n) is 1.90. The fourth-order valence-corrected chi connectivity index (χ4v) is 1.64. The summed E-state index contributed by atoms with van der Waals surface area (Å²) in [6.45, 7) is 0.648. The van der Waals surface area contributed by atoms with Crippen LogP contribution in [-0.2, 0) is 0 Å². The summed E-state index contributed by atoms with van der Waals surface area (Å²) >= 11 is 7.48. The van der Waals surface area contributed by atoms with Crippen molar-refractivity contribution in [3.8, 4) is 0 Å². The number of hydrogen-bond donors (Lipinski definition) is 2. The van der Waals surface area contributed by atoms with Crippen molar-refractivity contribution in [1.82, 2.24) is 10.3 Å². The molecule has 0 aliphatic heterocycles. The predicted octanol–water partition coefficient (Wildman–Crippen LogP) is 1.87. The molecule has 0 unspecified atom stereocenters. The quantitative estimate of drug-likeness (QED) is 0.626. The lowest BCUT2D eigenvalue weighted by molar-refractivity contribution is 0.0956. The second-order valence-corrected chi connectivity index (χ2v) is 4.44. The summed E-state index contributed by atoms with van der Waals surface area (Å²) in [4.78, 5) is 15.7. The van der Waals surface area contributed by atoms with Gasteiger partial charge in [0.2, 0.25) is 0 Å². The molecule has 6 heteroatoms. The van der Waals surface area contributed by atoms with Crippen molar-refractivity contribution in [3.05, 3.63) is 22.8 Å². The first kappa shape index (κ1) is 13.1. The maximum atomic E-state index is 11.7. The molecule has 2 N–H and O–H groups in total. The molecule has 1 rings (SSSR count). The van der Waals surface area contributed by atoms with Crippen molar-refractivity contribution in [3.63, 3.8) is 0 Å². The molecule has 1 heterocycles. The van der Waals surface area contributed by atoms with Crippen LogP contribution in [-0.4, -0.2) is 36.5 Å². The summed E-state index contributed by atoms with van der Waals surface area (Å²) < 4.78 is 0. The van der Waals surface area contributed by atoms with Gasteiger partial charge in [-0.05, 0) is 18.4 Å². The summed E-state index contributed by atoms with van der Waals surface area (Å²) in [5, 5.41) is 5.96. The lowest BCUT2D eigenvalue weighted by atomic mass is 10.2. The summed E-state index contributed by atoms with van der Waals surface area (Å²) in [6, 6.07) is 3.22. The molecule has 1 aromatic rings. The van der Waals surface area contributed by atoms with Crippen LogP contribution in [0.1, 0.15) is 10.4 Å². The van der Waals surface area contributed by atoms with Crippen LogP contribution in [0.5, 0.6) is 0 Å². The first-order valence-electron chi connectivity index (χ1n) is 4.80. The zero-order valence-electron chi connectivity index (χ0n) is 9.21. The monoisotopic (exact) mass is 259 g/mol. The number of amides is 1. The van der Waals surface area contributed by atoms with Crippen LogP contribution in [0.15, 0.2) is 12.1 Å². The van der Waals surface area contributed by atoms with E-state index in [1.54, 1.807) is 30.9 Å². The summed E-state index contributed by atoms with van der Waals surface area (Å²) in [7, 11) is 1.73.